The van der Waals surface area contributed by atoms with E-state index in [1.54, 1.807) is 24.3 Å². The summed E-state index contributed by atoms with van der Waals surface area (Å²) in [6.45, 7) is 18.9. The number of carbonyl (C=O) groups is 2. The molecule has 2 aromatic rings. The molecule has 0 saturated heterocycles. The van der Waals surface area contributed by atoms with Crippen LogP contribution < -0.4 is 18.9 Å². The molecule has 2 aromatic carbocycles. The van der Waals surface area contributed by atoms with E-state index in [1.807, 2.05) is 12.1 Å². The lowest BCUT2D eigenvalue weighted by Gasteiger charge is -2.32. The second-order valence-corrected chi connectivity index (χ2v) is 18.3. The topological polar surface area (TPSA) is 108 Å². The maximum atomic E-state index is 14.1. The van der Waals surface area contributed by atoms with Gasteiger partial charge in [0.1, 0.15) is 49.4 Å². The van der Waals surface area contributed by atoms with Crippen molar-refractivity contribution in [2.45, 2.75) is 158 Å². The van der Waals surface area contributed by atoms with Crippen LogP contribution in [0.4, 0.5) is 0 Å². The Bertz CT molecular complexity index is 1520. The van der Waals surface area contributed by atoms with Crippen LogP contribution in [0.3, 0.4) is 0 Å². The molecule has 4 atom stereocenters. The Kier molecular flexibility index (Phi) is 31.3. The Morgan fingerprint density at radius 2 is 0.746 bits per heavy atom. The zero-order valence-electron chi connectivity index (χ0n) is 42.9. The maximum Gasteiger partial charge on any atom is 0.338 e. The number of rotatable bonds is 40. The quantitative estimate of drug-likeness (QED) is 0.0364. The number of benzene rings is 2. The zero-order chi connectivity index (χ0) is 49.1. The van der Waals surface area contributed by atoms with Crippen molar-refractivity contribution < 1.29 is 47.5 Å². The van der Waals surface area contributed by atoms with E-state index in [1.165, 1.54) is 0 Å². The molecule has 0 radical (unpaired) electrons. The van der Waals surface area contributed by atoms with Gasteiger partial charge in [-0.1, -0.05) is 144 Å². The zero-order valence-corrected chi connectivity index (χ0v) is 42.9. The van der Waals surface area contributed by atoms with Gasteiger partial charge in [-0.05, 0) is 73.6 Å². The molecule has 0 aliphatic heterocycles. The number of unbranched alkanes of at least 4 members (excludes halogenated alkanes) is 4. The average molecular weight is 933 g/mol. The van der Waals surface area contributed by atoms with Gasteiger partial charge in [0.15, 0.2) is 0 Å². The van der Waals surface area contributed by atoms with Gasteiger partial charge in [-0.25, -0.2) is 9.59 Å². The Morgan fingerprint density at radius 3 is 0.985 bits per heavy atom. The summed E-state index contributed by atoms with van der Waals surface area (Å²) in [4.78, 5) is 28.3. The molecule has 10 nitrogen and oxygen atoms in total. The van der Waals surface area contributed by atoms with E-state index in [0.717, 1.165) is 103 Å². The molecule has 4 unspecified atom stereocenters. The van der Waals surface area contributed by atoms with E-state index < -0.39 is 17.4 Å². The van der Waals surface area contributed by atoms with E-state index in [2.05, 4.69) is 67.2 Å². The molecule has 0 amide bonds. The molecule has 0 aromatic heterocycles. The van der Waals surface area contributed by atoms with Crippen LogP contribution in [-0.4, -0.2) is 78.0 Å². The first-order chi connectivity index (χ1) is 32.6. The van der Waals surface area contributed by atoms with E-state index in [-0.39, 0.29) is 50.8 Å². The molecule has 0 spiro atoms. The standard InChI is InChI=1S/C57H88O10/c1-11-21-25-45(17-7)37-62-51-31-49(32-52(35-51)63-38-46(18-8)26-22-12-2)55(58)66-43-57(41-60-29-15-5,42-61-30-16-6)44-67-56(59)50-33-53(64-39-47(19-9)27-23-13-3)36-54(34-50)65-40-48(20-10)28-24-14-4/h5-6,31-36,45-48H,11-14,17-30,37-44H2,1-4,7-10H3. The number of ether oxygens (including phenoxy) is 8. The number of terminal acetylenes is 2. The van der Waals surface area contributed by atoms with Crippen molar-refractivity contribution in [1.82, 2.24) is 0 Å². The molecule has 10 heteroatoms. The molecule has 0 aliphatic carbocycles. The molecule has 67 heavy (non-hydrogen) atoms. The lowest BCUT2D eigenvalue weighted by molar-refractivity contribution is -0.0777. The van der Waals surface area contributed by atoms with Gasteiger partial charge in [0.25, 0.3) is 0 Å². The summed E-state index contributed by atoms with van der Waals surface area (Å²) in [5, 5.41) is 0. The highest BCUT2D eigenvalue weighted by atomic mass is 16.6. The van der Waals surface area contributed by atoms with Gasteiger partial charge >= 0.3 is 11.9 Å². The second kappa shape index (κ2) is 35.7. The van der Waals surface area contributed by atoms with Crippen molar-refractivity contribution in [3.05, 3.63) is 47.5 Å². The fourth-order valence-corrected chi connectivity index (χ4v) is 7.67. The van der Waals surface area contributed by atoms with Gasteiger partial charge in [-0.3, -0.25) is 0 Å². The van der Waals surface area contributed by atoms with E-state index in [0.29, 0.717) is 73.1 Å². The third-order valence-electron chi connectivity index (χ3n) is 12.6. The van der Waals surface area contributed by atoms with Crippen LogP contribution in [0.2, 0.25) is 0 Å². The van der Waals surface area contributed by atoms with Crippen molar-refractivity contribution in [2.24, 2.45) is 29.1 Å². The van der Waals surface area contributed by atoms with Crippen molar-refractivity contribution in [3.63, 3.8) is 0 Å². The van der Waals surface area contributed by atoms with Crippen LogP contribution in [0.5, 0.6) is 23.0 Å². The largest absolute Gasteiger partial charge is 0.493 e. The minimum Gasteiger partial charge on any atom is -0.493 e. The maximum absolute atomic E-state index is 14.1. The molecule has 0 N–H and O–H groups in total. The first kappa shape index (κ1) is 58.7. The lowest BCUT2D eigenvalue weighted by Crippen LogP contribution is -2.43. The third-order valence-corrected chi connectivity index (χ3v) is 12.6. The van der Waals surface area contributed by atoms with Crippen LogP contribution >= 0.6 is 0 Å². The molecular formula is C57H88O10. The van der Waals surface area contributed by atoms with E-state index in [4.69, 9.17) is 50.7 Å². The monoisotopic (exact) mass is 933 g/mol. The smallest absolute Gasteiger partial charge is 0.338 e. The predicted molar refractivity (Wildman–Crippen MR) is 270 cm³/mol. The molecule has 0 aliphatic rings. The summed E-state index contributed by atoms with van der Waals surface area (Å²) < 4.78 is 49.3. The molecule has 0 bridgehead atoms. The van der Waals surface area contributed by atoms with Gasteiger partial charge in [0, 0.05) is 12.1 Å². The molecule has 376 valence electrons. The Balaban J connectivity index is 2.48. The van der Waals surface area contributed by atoms with Crippen LogP contribution in [0.25, 0.3) is 0 Å². The molecule has 0 saturated carbocycles. The van der Waals surface area contributed by atoms with Gasteiger partial charge in [0.05, 0.1) is 56.2 Å². The molecule has 2 rings (SSSR count). The van der Waals surface area contributed by atoms with Gasteiger partial charge in [0.2, 0.25) is 0 Å². The summed E-state index contributed by atoms with van der Waals surface area (Å²) in [5.41, 5.74) is -0.664. The SMILES string of the molecule is C#CCOCC(COCC#C)(COC(=O)c1cc(OCC(CC)CCCC)cc(OCC(CC)CCCC)c1)COC(=O)c1cc(OCC(CC)CCCC)cc(OCC(CC)CCCC)c1. The third kappa shape index (κ3) is 24.0. The highest BCUT2D eigenvalue weighted by Gasteiger charge is 2.36. The van der Waals surface area contributed by atoms with Gasteiger partial charge in [-0.2, -0.15) is 0 Å². The van der Waals surface area contributed by atoms with Crippen molar-refractivity contribution in [2.75, 3.05) is 66.1 Å². The van der Waals surface area contributed by atoms with Crippen LogP contribution in [0.1, 0.15) is 179 Å². The first-order valence-corrected chi connectivity index (χ1v) is 25.7. The summed E-state index contributed by atoms with van der Waals surface area (Å²) in [6.07, 6.45) is 28.3. The van der Waals surface area contributed by atoms with Crippen LogP contribution in [-0.2, 0) is 18.9 Å². The Morgan fingerprint density at radius 1 is 0.463 bits per heavy atom. The number of carbonyl (C=O) groups excluding carboxylic acids is 2. The average Bonchev–Trinajstić information content (AvgIpc) is 3.35. The summed E-state index contributed by atoms with van der Waals surface area (Å²) in [7, 11) is 0. The van der Waals surface area contributed by atoms with Gasteiger partial charge in [-0.15, -0.1) is 12.8 Å². The minimum absolute atomic E-state index is 0.0268. The first-order valence-electron chi connectivity index (χ1n) is 25.7. The highest BCUT2D eigenvalue weighted by molar-refractivity contribution is 5.91. The summed E-state index contributed by atoms with van der Waals surface area (Å²) >= 11 is 0. The molecular weight excluding hydrogens is 845 g/mol. The fraction of sp³-hybridized carbons (Fsp3) is 0.684. The van der Waals surface area contributed by atoms with E-state index >= 15 is 0 Å². The summed E-state index contributed by atoms with van der Waals surface area (Å²) in [5.74, 6) is 7.40. The summed E-state index contributed by atoms with van der Waals surface area (Å²) in [6, 6.07) is 10.5. The molecule has 0 heterocycles. The van der Waals surface area contributed by atoms with Gasteiger partial charge < -0.3 is 37.9 Å². The number of hydrogen-bond donors (Lipinski definition) is 0. The minimum atomic E-state index is -1.19. The lowest BCUT2D eigenvalue weighted by atomic mass is 9.92. The second-order valence-electron chi connectivity index (χ2n) is 18.3. The van der Waals surface area contributed by atoms with Crippen LogP contribution in [0, 0.1) is 53.8 Å². The fourth-order valence-electron chi connectivity index (χ4n) is 7.67. The molecule has 0 fully saturated rings. The Labute approximate surface area is 406 Å². The van der Waals surface area contributed by atoms with E-state index in [9.17, 15) is 9.59 Å². The normalized spacial score (nSPS) is 13.1. The number of esters is 2. The van der Waals surface area contributed by atoms with Crippen molar-refractivity contribution >= 4 is 11.9 Å². The van der Waals surface area contributed by atoms with Crippen LogP contribution in [0.15, 0.2) is 36.4 Å². The Hall–Kier alpha value is -4.38. The number of hydrogen-bond acceptors (Lipinski definition) is 10. The highest BCUT2D eigenvalue weighted by Crippen LogP contribution is 2.30. The van der Waals surface area contributed by atoms with Crippen molar-refractivity contribution in [3.8, 4) is 47.7 Å². The van der Waals surface area contributed by atoms with Crippen molar-refractivity contribution in [1.29, 1.82) is 0 Å². The predicted octanol–water partition coefficient (Wildman–Crippen LogP) is 13.4.